The Bertz CT molecular complexity index is 1530. The summed E-state index contributed by atoms with van der Waals surface area (Å²) in [7, 11) is 0. The highest BCUT2D eigenvalue weighted by Gasteiger charge is 2.48. The first-order valence-electron chi connectivity index (χ1n) is 14.8. The summed E-state index contributed by atoms with van der Waals surface area (Å²) in [6.45, 7) is 10.8. The number of Topliss-reactive ketones (excluding diaryl/α,β-unsaturated/α-hetero) is 1. The number of aliphatic hydroxyl groups is 1. The molecule has 2 heterocycles. The number of thiazole rings is 1. The number of ether oxygens (including phenoxy) is 4. The van der Waals surface area contributed by atoms with Gasteiger partial charge in [-0.1, -0.05) is 37.7 Å². The minimum absolute atomic E-state index is 0.120. The molecule has 11 heteroatoms. The van der Waals surface area contributed by atoms with E-state index in [-0.39, 0.29) is 27.9 Å². The number of esters is 1. The first-order chi connectivity index (χ1) is 21.2. The van der Waals surface area contributed by atoms with Crippen LogP contribution in [0.2, 0.25) is 0 Å². The zero-order valence-electron chi connectivity index (χ0n) is 25.7. The normalized spacial score (nSPS) is 15.8. The van der Waals surface area contributed by atoms with Crippen LogP contribution in [-0.2, 0) is 14.3 Å². The van der Waals surface area contributed by atoms with Crippen LogP contribution < -0.4 is 19.1 Å². The zero-order chi connectivity index (χ0) is 31.8. The van der Waals surface area contributed by atoms with Crippen molar-refractivity contribution < 1.29 is 38.4 Å². The molecule has 234 valence electrons. The first kappa shape index (κ1) is 32.5. The van der Waals surface area contributed by atoms with Crippen molar-refractivity contribution in [1.82, 2.24) is 4.98 Å². The Hall–Kier alpha value is -4.38. The van der Waals surface area contributed by atoms with Gasteiger partial charge in [0, 0.05) is 5.56 Å². The molecular weight excluding hydrogens is 584 g/mol. The van der Waals surface area contributed by atoms with Crippen LogP contribution in [0.1, 0.15) is 79.5 Å². The van der Waals surface area contributed by atoms with E-state index in [4.69, 9.17) is 18.9 Å². The number of anilines is 1. The predicted octanol–water partition coefficient (Wildman–Crippen LogP) is 6.62. The highest BCUT2D eigenvalue weighted by atomic mass is 32.1. The fraction of sp³-hybridized carbons (Fsp3) is 0.394. The Kier molecular flexibility index (Phi) is 11.0. The van der Waals surface area contributed by atoms with Crippen LogP contribution in [0, 0.1) is 6.92 Å². The second-order valence-electron chi connectivity index (χ2n) is 10.0. The van der Waals surface area contributed by atoms with Gasteiger partial charge in [0.15, 0.2) is 16.6 Å². The van der Waals surface area contributed by atoms with E-state index in [2.05, 4.69) is 11.9 Å². The van der Waals surface area contributed by atoms with Crippen LogP contribution in [0.3, 0.4) is 0 Å². The molecule has 1 fully saturated rings. The fourth-order valence-electron chi connectivity index (χ4n) is 4.71. The maximum Gasteiger partial charge on any atom is 0.350 e. The Morgan fingerprint density at radius 3 is 2.34 bits per heavy atom. The molecule has 1 aliphatic rings. The lowest BCUT2D eigenvalue weighted by Gasteiger charge is -2.24. The molecule has 0 radical (unpaired) electrons. The summed E-state index contributed by atoms with van der Waals surface area (Å²) in [5, 5.41) is 11.7. The molecule has 1 atom stereocenters. The molecule has 3 aromatic rings. The average Bonchev–Trinajstić information content (AvgIpc) is 3.53. The number of amides is 1. The summed E-state index contributed by atoms with van der Waals surface area (Å²) in [5.74, 6) is -1.11. The van der Waals surface area contributed by atoms with E-state index >= 15 is 0 Å². The van der Waals surface area contributed by atoms with Crippen molar-refractivity contribution in [3.05, 3.63) is 69.7 Å². The van der Waals surface area contributed by atoms with Gasteiger partial charge in [-0.05, 0) is 75.6 Å². The third kappa shape index (κ3) is 6.88. The number of benzene rings is 2. The van der Waals surface area contributed by atoms with E-state index in [1.165, 1.54) is 4.90 Å². The molecule has 2 aromatic carbocycles. The van der Waals surface area contributed by atoms with E-state index in [1.54, 1.807) is 56.3 Å². The lowest BCUT2D eigenvalue weighted by Crippen LogP contribution is -2.29. The van der Waals surface area contributed by atoms with E-state index in [0.29, 0.717) is 53.9 Å². The zero-order valence-corrected chi connectivity index (χ0v) is 26.5. The topological polar surface area (TPSA) is 124 Å². The summed E-state index contributed by atoms with van der Waals surface area (Å²) in [5.41, 5.74) is 1.07. The molecule has 1 unspecified atom stereocenters. The maximum absolute atomic E-state index is 13.7. The summed E-state index contributed by atoms with van der Waals surface area (Å²) in [6, 6.07) is 10.7. The van der Waals surface area contributed by atoms with Crippen LogP contribution in [-0.4, -0.2) is 54.2 Å². The fourth-order valence-corrected chi connectivity index (χ4v) is 5.70. The number of carbonyl (C=O) groups excluding carboxylic acids is 3. The molecule has 0 aliphatic carbocycles. The van der Waals surface area contributed by atoms with Gasteiger partial charge in [-0.25, -0.2) is 9.78 Å². The van der Waals surface area contributed by atoms with Crippen LogP contribution >= 0.6 is 11.3 Å². The third-order valence-electron chi connectivity index (χ3n) is 6.84. The van der Waals surface area contributed by atoms with Crippen molar-refractivity contribution in [2.45, 2.75) is 59.9 Å². The molecule has 1 saturated heterocycles. The Morgan fingerprint density at radius 2 is 1.68 bits per heavy atom. The van der Waals surface area contributed by atoms with Gasteiger partial charge in [-0.2, -0.15) is 0 Å². The van der Waals surface area contributed by atoms with Crippen LogP contribution in [0.4, 0.5) is 5.13 Å². The summed E-state index contributed by atoms with van der Waals surface area (Å²) < 4.78 is 22.7. The van der Waals surface area contributed by atoms with Gasteiger partial charge < -0.3 is 24.1 Å². The molecule has 1 N–H and O–H groups in total. The van der Waals surface area contributed by atoms with Crippen molar-refractivity contribution >= 4 is 39.9 Å². The van der Waals surface area contributed by atoms with E-state index in [1.807, 2.05) is 13.8 Å². The van der Waals surface area contributed by atoms with Crippen molar-refractivity contribution in [3.8, 4) is 17.2 Å². The number of carbonyl (C=O) groups is 3. The van der Waals surface area contributed by atoms with Crippen LogP contribution in [0.25, 0.3) is 5.76 Å². The SMILES string of the molecule is CCCCOc1ccc(C2C(=C(O)c3ccc(OCCC)cc3)C(=O)C(=O)N2c2nc(C)c(C(=O)OCC)s2)cc1OCC. The molecule has 0 saturated carbocycles. The van der Waals surface area contributed by atoms with Gasteiger partial charge in [0.2, 0.25) is 0 Å². The van der Waals surface area contributed by atoms with Crippen molar-refractivity contribution in [3.63, 3.8) is 0 Å². The van der Waals surface area contributed by atoms with Crippen LogP contribution in [0.5, 0.6) is 17.2 Å². The Morgan fingerprint density at radius 1 is 0.932 bits per heavy atom. The molecule has 0 spiro atoms. The third-order valence-corrected chi connectivity index (χ3v) is 7.97. The maximum atomic E-state index is 13.7. The largest absolute Gasteiger partial charge is 0.507 e. The summed E-state index contributed by atoms with van der Waals surface area (Å²) >= 11 is 0.950. The van der Waals surface area contributed by atoms with E-state index in [9.17, 15) is 19.5 Å². The standard InChI is InChI=1S/C33H38N2O8S/c1-6-10-18-43-24-16-13-22(19-25(24)40-8-3)27-26(28(36)21-11-14-23(15-12-21)42-17-7-2)29(37)31(38)35(27)33-34-20(5)30(44-33)32(39)41-9-4/h11-16,19,27,36H,6-10,17-18H2,1-5H3. The molecule has 0 bridgehead atoms. The predicted molar refractivity (Wildman–Crippen MR) is 168 cm³/mol. The molecule has 10 nitrogen and oxygen atoms in total. The Balaban J connectivity index is 1.87. The quantitative estimate of drug-likeness (QED) is 0.0694. The summed E-state index contributed by atoms with van der Waals surface area (Å²) in [6.07, 6.45) is 2.66. The van der Waals surface area contributed by atoms with Crippen molar-refractivity contribution in [2.75, 3.05) is 31.3 Å². The number of aromatic nitrogens is 1. The van der Waals surface area contributed by atoms with Crippen molar-refractivity contribution in [1.29, 1.82) is 0 Å². The average molecular weight is 623 g/mol. The number of aliphatic hydroxyl groups excluding tert-OH is 1. The minimum Gasteiger partial charge on any atom is -0.507 e. The van der Waals surface area contributed by atoms with E-state index in [0.717, 1.165) is 30.6 Å². The summed E-state index contributed by atoms with van der Waals surface area (Å²) in [4.78, 5) is 45.9. The highest BCUT2D eigenvalue weighted by Crippen LogP contribution is 2.45. The number of hydrogen-bond donors (Lipinski definition) is 1. The molecule has 44 heavy (non-hydrogen) atoms. The number of hydrogen-bond acceptors (Lipinski definition) is 10. The second kappa shape index (κ2) is 14.9. The lowest BCUT2D eigenvalue weighted by atomic mass is 9.95. The van der Waals surface area contributed by atoms with Crippen molar-refractivity contribution in [2.24, 2.45) is 0 Å². The minimum atomic E-state index is -1.07. The number of rotatable bonds is 14. The van der Waals surface area contributed by atoms with Gasteiger partial charge in [0.1, 0.15) is 16.4 Å². The monoisotopic (exact) mass is 622 g/mol. The molecule has 1 aliphatic heterocycles. The van der Waals surface area contributed by atoms with Gasteiger partial charge in [-0.3, -0.25) is 14.5 Å². The number of aryl methyl sites for hydroxylation is 1. The Labute approximate surface area is 261 Å². The van der Waals surface area contributed by atoms with Gasteiger partial charge in [0.25, 0.3) is 5.78 Å². The van der Waals surface area contributed by atoms with Crippen LogP contribution in [0.15, 0.2) is 48.0 Å². The molecular formula is C33H38N2O8S. The number of unbranched alkanes of at least 4 members (excludes halogenated alkanes) is 1. The molecule has 1 amide bonds. The van der Waals surface area contributed by atoms with Gasteiger partial charge in [-0.15, -0.1) is 0 Å². The molecule has 4 rings (SSSR count). The number of ketones is 1. The van der Waals surface area contributed by atoms with Gasteiger partial charge in [0.05, 0.1) is 43.7 Å². The van der Waals surface area contributed by atoms with E-state index < -0.39 is 23.7 Å². The first-order valence-corrected chi connectivity index (χ1v) is 15.6. The highest BCUT2D eigenvalue weighted by molar-refractivity contribution is 7.17. The number of nitrogens with zero attached hydrogens (tertiary/aromatic N) is 2. The molecule has 1 aromatic heterocycles. The second-order valence-corrected chi connectivity index (χ2v) is 11.0. The lowest BCUT2D eigenvalue weighted by molar-refractivity contribution is -0.132. The smallest absolute Gasteiger partial charge is 0.350 e. The van der Waals surface area contributed by atoms with Gasteiger partial charge >= 0.3 is 11.9 Å².